The Morgan fingerprint density at radius 3 is 2.52 bits per heavy atom. The molecular formula is C17H20O6S2. The molecule has 1 atom stereocenters. The minimum Gasteiger partial charge on any atom is -0.492 e. The van der Waals surface area contributed by atoms with Gasteiger partial charge in [-0.25, -0.2) is 8.42 Å². The second kappa shape index (κ2) is 6.97. The van der Waals surface area contributed by atoms with Gasteiger partial charge in [0.1, 0.15) is 15.9 Å². The monoisotopic (exact) mass is 384 g/mol. The minimum absolute atomic E-state index is 0.0184. The summed E-state index contributed by atoms with van der Waals surface area (Å²) < 4.78 is 52.5. The molecule has 1 heterocycles. The van der Waals surface area contributed by atoms with Crippen molar-refractivity contribution in [3.63, 3.8) is 0 Å². The van der Waals surface area contributed by atoms with E-state index in [1.807, 2.05) is 0 Å². The van der Waals surface area contributed by atoms with Gasteiger partial charge in [-0.3, -0.25) is 9.11 Å². The zero-order valence-corrected chi connectivity index (χ0v) is 15.0. The van der Waals surface area contributed by atoms with E-state index in [4.69, 9.17) is 9.84 Å². The molecule has 0 radical (unpaired) electrons. The third-order valence-corrected chi connectivity index (χ3v) is 8.30. The lowest BCUT2D eigenvalue weighted by Gasteiger charge is -2.27. The molecule has 1 unspecified atom stereocenters. The van der Waals surface area contributed by atoms with Crippen LogP contribution in [-0.2, 0) is 9.84 Å². The van der Waals surface area contributed by atoms with Gasteiger partial charge in [0.2, 0.25) is 0 Å². The van der Waals surface area contributed by atoms with Gasteiger partial charge in [0.15, 0.2) is 9.84 Å². The zero-order valence-electron chi connectivity index (χ0n) is 13.4. The molecule has 2 aromatic carbocycles. The van der Waals surface area contributed by atoms with Gasteiger partial charge in [-0.15, -0.1) is 0 Å². The Labute approximate surface area is 148 Å². The highest BCUT2D eigenvalue weighted by Crippen LogP contribution is 2.61. The largest absolute Gasteiger partial charge is 0.492 e. The summed E-state index contributed by atoms with van der Waals surface area (Å²) in [7, 11) is -7.01. The quantitative estimate of drug-likeness (QED) is 0.661. The Morgan fingerprint density at radius 1 is 1.08 bits per heavy atom. The van der Waals surface area contributed by atoms with Gasteiger partial charge in [-0.05, 0) is 23.8 Å². The SMILES string of the molecule is O=S(=O)(c1ccccc1OCCCO)C1CS(O)(O)c2ccccc21. The van der Waals surface area contributed by atoms with Crippen LogP contribution in [0.5, 0.6) is 5.75 Å². The Balaban J connectivity index is 2.02. The highest BCUT2D eigenvalue weighted by atomic mass is 32.3. The number of ether oxygens (including phenoxy) is 1. The molecule has 0 aliphatic carbocycles. The maximum absolute atomic E-state index is 13.2. The molecular weight excluding hydrogens is 364 g/mol. The second-order valence-electron chi connectivity index (χ2n) is 5.78. The van der Waals surface area contributed by atoms with Crippen LogP contribution in [0.25, 0.3) is 0 Å². The number of hydrogen-bond donors (Lipinski definition) is 3. The van der Waals surface area contributed by atoms with Crippen molar-refractivity contribution in [1.82, 2.24) is 0 Å². The smallest absolute Gasteiger partial charge is 0.190 e. The number of para-hydroxylation sites is 1. The number of benzene rings is 2. The Bertz CT molecular complexity index is 863. The summed E-state index contributed by atoms with van der Waals surface area (Å²) in [6.07, 6.45) is 0.390. The summed E-state index contributed by atoms with van der Waals surface area (Å²) in [6.45, 7) is 0.144. The molecule has 6 nitrogen and oxygen atoms in total. The highest BCUT2D eigenvalue weighted by molar-refractivity contribution is 8.25. The lowest BCUT2D eigenvalue weighted by atomic mass is 10.2. The van der Waals surface area contributed by atoms with Crippen LogP contribution in [0.4, 0.5) is 0 Å². The molecule has 25 heavy (non-hydrogen) atoms. The van der Waals surface area contributed by atoms with Gasteiger partial charge < -0.3 is 9.84 Å². The first-order valence-electron chi connectivity index (χ1n) is 7.79. The maximum atomic E-state index is 13.2. The fourth-order valence-electron chi connectivity index (χ4n) is 2.90. The molecule has 136 valence electrons. The highest BCUT2D eigenvalue weighted by Gasteiger charge is 2.43. The standard InChI is InChI=1S/C17H20O6S2/c18-10-5-11-23-14-7-2-4-9-16(14)25(21,22)17-12-24(19,20)15-8-3-1-6-13(15)17/h1-4,6-9,17-20H,5,10-12H2. The molecule has 0 saturated carbocycles. The van der Waals surface area contributed by atoms with Crippen molar-refractivity contribution in [3.8, 4) is 5.75 Å². The van der Waals surface area contributed by atoms with Crippen molar-refractivity contribution in [1.29, 1.82) is 0 Å². The van der Waals surface area contributed by atoms with E-state index in [-0.39, 0.29) is 29.6 Å². The molecule has 0 bridgehead atoms. The molecule has 3 rings (SSSR count). The van der Waals surface area contributed by atoms with Crippen molar-refractivity contribution in [2.75, 3.05) is 19.0 Å². The second-order valence-corrected chi connectivity index (χ2v) is 9.98. The molecule has 0 amide bonds. The van der Waals surface area contributed by atoms with Gasteiger partial charge in [-0.2, -0.15) is 10.6 Å². The first kappa shape index (κ1) is 18.2. The van der Waals surface area contributed by atoms with Gasteiger partial charge >= 0.3 is 0 Å². The molecule has 0 saturated heterocycles. The van der Waals surface area contributed by atoms with Crippen LogP contribution >= 0.6 is 10.6 Å². The fourth-order valence-corrected chi connectivity index (χ4v) is 7.44. The normalized spacial score (nSPS) is 20.0. The van der Waals surface area contributed by atoms with Gasteiger partial charge in [0.05, 0.1) is 17.3 Å². The fraction of sp³-hybridized carbons (Fsp3) is 0.294. The summed E-state index contributed by atoms with van der Waals surface area (Å²) in [4.78, 5) is 0.312. The van der Waals surface area contributed by atoms with Crippen molar-refractivity contribution in [3.05, 3.63) is 54.1 Å². The third kappa shape index (κ3) is 3.40. The van der Waals surface area contributed by atoms with Crippen molar-refractivity contribution in [2.24, 2.45) is 0 Å². The summed E-state index contributed by atoms with van der Waals surface area (Å²) in [5.74, 6) is -0.0450. The Kier molecular flexibility index (Phi) is 5.08. The maximum Gasteiger partial charge on any atom is 0.190 e. The van der Waals surface area contributed by atoms with E-state index in [0.29, 0.717) is 16.9 Å². The number of fused-ring (bicyclic) bond motifs is 1. The van der Waals surface area contributed by atoms with Gasteiger partial charge in [0, 0.05) is 13.0 Å². The number of aliphatic hydroxyl groups is 1. The van der Waals surface area contributed by atoms with Crippen LogP contribution in [0.3, 0.4) is 0 Å². The average Bonchev–Trinajstić information content (AvgIpc) is 2.88. The molecule has 0 fully saturated rings. The lowest BCUT2D eigenvalue weighted by molar-refractivity contribution is 0.231. The van der Waals surface area contributed by atoms with E-state index in [1.165, 1.54) is 6.07 Å². The topological polar surface area (TPSA) is 104 Å². The van der Waals surface area contributed by atoms with Crippen molar-refractivity contribution >= 4 is 20.4 Å². The molecule has 3 N–H and O–H groups in total. The lowest BCUT2D eigenvalue weighted by Crippen LogP contribution is -2.16. The van der Waals surface area contributed by atoms with Crippen LogP contribution in [0, 0.1) is 0 Å². The van der Waals surface area contributed by atoms with Crippen LogP contribution in [-0.4, -0.2) is 41.6 Å². The summed E-state index contributed by atoms with van der Waals surface area (Å²) in [6, 6.07) is 12.8. The molecule has 2 aromatic rings. The number of aliphatic hydroxyl groups excluding tert-OH is 1. The van der Waals surface area contributed by atoms with Crippen LogP contribution in [0.1, 0.15) is 17.2 Å². The van der Waals surface area contributed by atoms with Crippen LogP contribution < -0.4 is 4.74 Å². The van der Waals surface area contributed by atoms with E-state index in [9.17, 15) is 17.5 Å². The Morgan fingerprint density at radius 2 is 1.76 bits per heavy atom. The zero-order chi connectivity index (χ0) is 18.1. The van der Waals surface area contributed by atoms with E-state index < -0.39 is 25.7 Å². The third-order valence-electron chi connectivity index (χ3n) is 4.09. The van der Waals surface area contributed by atoms with E-state index in [1.54, 1.807) is 42.5 Å². The van der Waals surface area contributed by atoms with Crippen molar-refractivity contribution in [2.45, 2.75) is 21.5 Å². The molecule has 8 heteroatoms. The number of rotatable bonds is 6. The first-order chi connectivity index (χ1) is 11.9. The number of hydrogen-bond acceptors (Lipinski definition) is 6. The van der Waals surface area contributed by atoms with E-state index in [2.05, 4.69) is 0 Å². The summed E-state index contributed by atoms with van der Waals surface area (Å²) in [5.41, 5.74) is 0.424. The predicted molar refractivity (Wildman–Crippen MR) is 96.0 cm³/mol. The molecule has 0 spiro atoms. The molecule has 1 aliphatic rings. The summed E-state index contributed by atoms with van der Waals surface area (Å²) >= 11 is 0. The summed E-state index contributed by atoms with van der Waals surface area (Å²) in [5, 5.41) is 7.83. The van der Waals surface area contributed by atoms with Gasteiger partial charge in [0.25, 0.3) is 0 Å². The van der Waals surface area contributed by atoms with Crippen LogP contribution in [0.2, 0.25) is 0 Å². The minimum atomic E-state index is -3.88. The van der Waals surface area contributed by atoms with Crippen molar-refractivity contribution < 1.29 is 27.4 Å². The van der Waals surface area contributed by atoms with Gasteiger partial charge in [-0.1, -0.05) is 30.3 Å². The van der Waals surface area contributed by atoms with E-state index in [0.717, 1.165) is 0 Å². The first-order valence-corrected chi connectivity index (χ1v) is 11.1. The number of sulfone groups is 1. The average molecular weight is 384 g/mol. The van der Waals surface area contributed by atoms with E-state index >= 15 is 0 Å². The predicted octanol–water partition coefficient (Wildman–Crippen LogP) is 3.09. The molecule has 0 aromatic heterocycles. The Hall–Kier alpha value is -1.58. The van der Waals surface area contributed by atoms with Crippen LogP contribution in [0.15, 0.2) is 58.3 Å². The molecule has 1 aliphatic heterocycles.